The van der Waals surface area contributed by atoms with Crippen LogP contribution in [0.15, 0.2) is 73.9 Å². The van der Waals surface area contributed by atoms with E-state index in [0.717, 1.165) is 25.7 Å². The van der Waals surface area contributed by atoms with Crippen LogP contribution in [0.1, 0.15) is 78.2 Å². The number of methoxy groups -OCH3 is 1. The van der Waals surface area contributed by atoms with Crippen molar-refractivity contribution in [2.45, 2.75) is 72.6 Å². The smallest absolute Gasteiger partial charge is 0.333 e. The van der Waals surface area contributed by atoms with Gasteiger partial charge in [0, 0.05) is 17.2 Å². The van der Waals surface area contributed by atoms with Crippen LogP contribution in [0, 0.1) is 0 Å². The highest BCUT2D eigenvalue weighted by molar-refractivity contribution is 5.87. The average Bonchev–Trinajstić information content (AvgIpc) is 2.93. The highest BCUT2D eigenvalue weighted by atomic mass is 16.5. The molecule has 0 aliphatic heterocycles. The maximum Gasteiger partial charge on any atom is 0.333 e. The zero-order valence-electron chi connectivity index (χ0n) is 23.7. The first-order valence-corrected chi connectivity index (χ1v) is 12.7. The van der Waals surface area contributed by atoms with Crippen LogP contribution in [0.3, 0.4) is 0 Å². The van der Waals surface area contributed by atoms with Crippen molar-refractivity contribution in [3.05, 3.63) is 79.4 Å². The molecule has 0 N–H and O–H groups in total. The highest BCUT2D eigenvalue weighted by Gasteiger charge is 2.04. The standard InChI is InChI=1S/C11H20O2.C8H8.C7H12O2.C5H8O2/c1-4-6-7-8-9-13-11(12)10(3)5-2;1-2-8-6-4-3-5-7-8;1-3-5-6-9-7(8)4-2;1-4(2)5(6)7-3/h3-9H2,1-2H3;2-7H,1H2;4H,2-3,5-6H2,1H3;1H2,2-3H3. The van der Waals surface area contributed by atoms with Crippen molar-refractivity contribution >= 4 is 24.0 Å². The van der Waals surface area contributed by atoms with E-state index in [1.54, 1.807) is 6.92 Å². The Labute approximate surface area is 225 Å². The van der Waals surface area contributed by atoms with E-state index < -0.39 is 0 Å². The molecule has 6 nitrogen and oxygen atoms in total. The van der Waals surface area contributed by atoms with Crippen LogP contribution < -0.4 is 0 Å². The maximum absolute atomic E-state index is 11.1. The molecule has 0 amide bonds. The lowest BCUT2D eigenvalue weighted by Gasteiger charge is -2.04. The largest absolute Gasteiger partial charge is 0.466 e. The Bertz CT molecular complexity index is 780. The van der Waals surface area contributed by atoms with Crippen LogP contribution in [-0.2, 0) is 28.6 Å². The Hall–Kier alpha value is -3.41. The summed E-state index contributed by atoms with van der Waals surface area (Å²) in [6.07, 6.45) is 10.2. The molecule has 37 heavy (non-hydrogen) atoms. The number of carbonyl (C=O) groups is 3. The minimum absolute atomic E-state index is 0.237. The van der Waals surface area contributed by atoms with Crippen LogP contribution in [0.25, 0.3) is 6.08 Å². The van der Waals surface area contributed by atoms with Gasteiger partial charge in [-0.25, -0.2) is 14.4 Å². The Morgan fingerprint density at radius 3 is 1.76 bits per heavy atom. The van der Waals surface area contributed by atoms with Gasteiger partial charge in [-0.2, -0.15) is 0 Å². The van der Waals surface area contributed by atoms with E-state index in [1.165, 1.54) is 31.6 Å². The van der Waals surface area contributed by atoms with E-state index >= 15 is 0 Å². The van der Waals surface area contributed by atoms with Crippen molar-refractivity contribution in [2.75, 3.05) is 20.3 Å². The lowest BCUT2D eigenvalue weighted by molar-refractivity contribution is -0.139. The molecule has 0 spiro atoms. The molecule has 0 heterocycles. The second-order valence-electron chi connectivity index (χ2n) is 7.77. The monoisotopic (exact) mass is 516 g/mol. The number of hydrogen-bond acceptors (Lipinski definition) is 6. The van der Waals surface area contributed by atoms with Crippen molar-refractivity contribution in [3.63, 3.8) is 0 Å². The normalized spacial score (nSPS) is 8.78. The van der Waals surface area contributed by atoms with Gasteiger partial charge in [-0.1, -0.05) is 109 Å². The third-order valence-electron chi connectivity index (χ3n) is 4.42. The quantitative estimate of drug-likeness (QED) is 0.116. The van der Waals surface area contributed by atoms with Crippen molar-refractivity contribution in [2.24, 2.45) is 0 Å². The van der Waals surface area contributed by atoms with Gasteiger partial charge in [0.05, 0.1) is 20.3 Å². The Morgan fingerprint density at radius 1 is 0.811 bits per heavy atom. The van der Waals surface area contributed by atoms with Crippen molar-refractivity contribution in [1.82, 2.24) is 0 Å². The fourth-order valence-corrected chi connectivity index (χ4v) is 2.08. The Kier molecular flexibility index (Phi) is 29.7. The van der Waals surface area contributed by atoms with Gasteiger partial charge in [-0.3, -0.25) is 0 Å². The number of benzene rings is 1. The predicted octanol–water partition coefficient (Wildman–Crippen LogP) is 7.66. The van der Waals surface area contributed by atoms with Crippen LogP contribution in [0.5, 0.6) is 0 Å². The number of hydrogen-bond donors (Lipinski definition) is 0. The number of carbonyl (C=O) groups excluding carboxylic acids is 3. The maximum atomic E-state index is 11.1. The van der Waals surface area contributed by atoms with Gasteiger partial charge >= 0.3 is 17.9 Å². The molecule has 0 unspecified atom stereocenters. The topological polar surface area (TPSA) is 78.9 Å². The van der Waals surface area contributed by atoms with Gasteiger partial charge in [-0.05, 0) is 31.7 Å². The molecule has 208 valence electrons. The van der Waals surface area contributed by atoms with E-state index in [0.29, 0.717) is 30.8 Å². The molecule has 0 aliphatic carbocycles. The lowest BCUT2D eigenvalue weighted by Crippen LogP contribution is -2.07. The number of esters is 3. The average molecular weight is 517 g/mol. The van der Waals surface area contributed by atoms with Crippen LogP contribution in [-0.4, -0.2) is 38.2 Å². The molecule has 0 saturated heterocycles. The van der Waals surface area contributed by atoms with E-state index in [9.17, 15) is 14.4 Å². The van der Waals surface area contributed by atoms with Crippen molar-refractivity contribution in [1.29, 1.82) is 0 Å². The summed E-state index contributed by atoms with van der Waals surface area (Å²) in [4.78, 5) is 31.6. The summed E-state index contributed by atoms with van der Waals surface area (Å²) in [5.41, 5.74) is 2.17. The third kappa shape index (κ3) is 28.7. The minimum atomic E-state index is -0.347. The molecule has 0 saturated carbocycles. The SMILES string of the molecule is C=C(C)C(=O)OC.C=C(CC)C(=O)OCCCCCC.C=CC(=O)OCCCC.C=Cc1ccccc1. The second kappa shape index (κ2) is 28.8. The van der Waals surface area contributed by atoms with Gasteiger partial charge in [-0.15, -0.1) is 0 Å². The molecule has 1 rings (SSSR count). The number of rotatable bonds is 13. The number of ether oxygens (including phenoxy) is 3. The Morgan fingerprint density at radius 2 is 1.38 bits per heavy atom. The lowest BCUT2D eigenvalue weighted by atomic mass is 10.2. The summed E-state index contributed by atoms with van der Waals surface area (Å²) in [7, 11) is 1.33. The molecule has 0 aromatic heterocycles. The highest BCUT2D eigenvalue weighted by Crippen LogP contribution is 2.03. The summed E-state index contributed by atoms with van der Waals surface area (Å²) in [6.45, 7) is 22.6. The summed E-state index contributed by atoms with van der Waals surface area (Å²) in [5, 5.41) is 0. The first-order valence-electron chi connectivity index (χ1n) is 12.7. The summed E-state index contributed by atoms with van der Waals surface area (Å²) in [6, 6.07) is 10.0. The van der Waals surface area contributed by atoms with E-state index in [-0.39, 0.29) is 17.9 Å². The predicted molar refractivity (Wildman–Crippen MR) is 154 cm³/mol. The fourth-order valence-electron chi connectivity index (χ4n) is 2.08. The van der Waals surface area contributed by atoms with Gasteiger partial charge in [0.25, 0.3) is 0 Å². The van der Waals surface area contributed by atoms with Crippen LogP contribution >= 0.6 is 0 Å². The van der Waals surface area contributed by atoms with Crippen LogP contribution in [0.2, 0.25) is 0 Å². The van der Waals surface area contributed by atoms with Gasteiger partial charge in [0.2, 0.25) is 0 Å². The molecule has 6 heteroatoms. The molecule has 0 atom stereocenters. The summed E-state index contributed by atoms with van der Waals surface area (Å²) >= 11 is 0. The van der Waals surface area contributed by atoms with E-state index in [1.807, 2.05) is 50.3 Å². The summed E-state index contributed by atoms with van der Waals surface area (Å²) in [5.74, 6) is -0.914. The van der Waals surface area contributed by atoms with E-state index in [2.05, 4.69) is 42.7 Å². The number of unbranched alkanes of at least 4 members (excludes halogenated alkanes) is 4. The third-order valence-corrected chi connectivity index (χ3v) is 4.42. The van der Waals surface area contributed by atoms with Crippen molar-refractivity contribution in [3.8, 4) is 0 Å². The fraction of sp³-hybridized carbons (Fsp3) is 0.452. The first kappa shape index (κ1) is 38.1. The van der Waals surface area contributed by atoms with Gasteiger partial charge < -0.3 is 14.2 Å². The molecule has 0 radical (unpaired) electrons. The Balaban J connectivity index is -0.000000429. The second-order valence-corrected chi connectivity index (χ2v) is 7.77. The molecular weight excluding hydrogens is 468 g/mol. The zero-order chi connectivity index (χ0) is 28.9. The van der Waals surface area contributed by atoms with Crippen molar-refractivity contribution < 1.29 is 28.6 Å². The van der Waals surface area contributed by atoms with E-state index in [4.69, 9.17) is 4.74 Å². The molecular formula is C31H48O6. The summed E-state index contributed by atoms with van der Waals surface area (Å²) < 4.78 is 14.0. The molecule has 0 fully saturated rings. The molecule has 0 aliphatic rings. The minimum Gasteiger partial charge on any atom is -0.466 e. The molecule has 1 aromatic rings. The molecule has 0 bridgehead atoms. The first-order chi connectivity index (χ1) is 17.6. The van der Waals surface area contributed by atoms with Gasteiger partial charge in [0.1, 0.15) is 0 Å². The van der Waals surface area contributed by atoms with Crippen LogP contribution in [0.4, 0.5) is 0 Å². The zero-order valence-corrected chi connectivity index (χ0v) is 23.7. The van der Waals surface area contributed by atoms with Gasteiger partial charge in [0.15, 0.2) is 0 Å². The molecule has 1 aromatic carbocycles.